The van der Waals surface area contributed by atoms with Crippen LogP contribution in [-0.4, -0.2) is 32.2 Å². The minimum Gasteiger partial charge on any atom is -0.383 e. The average molecular weight is 206 g/mol. The van der Waals surface area contributed by atoms with Gasteiger partial charge in [-0.2, -0.15) is 0 Å². The van der Waals surface area contributed by atoms with Crippen LogP contribution in [0.2, 0.25) is 0 Å². The van der Waals surface area contributed by atoms with E-state index < -0.39 is 0 Å². The van der Waals surface area contributed by atoms with Gasteiger partial charge in [-0.25, -0.2) is 0 Å². The molecule has 0 aromatic heterocycles. The molecule has 1 rings (SSSR count). The molecular formula is C10H20ClNO. The molecule has 0 radical (unpaired) electrons. The van der Waals surface area contributed by atoms with Crippen LogP contribution in [0.5, 0.6) is 0 Å². The molecule has 3 heteroatoms. The van der Waals surface area contributed by atoms with Crippen LogP contribution in [0.3, 0.4) is 0 Å². The van der Waals surface area contributed by atoms with Crippen LogP contribution in [0.25, 0.3) is 0 Å². The predicted octanol–water partition coefficient (Wildman–Crippen LogP) is 2.02. The zero-order valence-corrected chi connectivity index (χ0v) is 9.15. The molecule has 1 saturated carbocycles. The van der Waals surface area contributed by atoms with Crippen molar-refractivity contribution in [2.45, 2.75) is 31.7 Å². The van der Waals surface area contributed by atoms with Gasteiger partial charge >= 0.3 is 0 Å². The van der Waals surface area contributed by atoms with E-state index in [0.717, 1.165) is 25.5 Å². The molecule has 78 valence electrons. The van der Waals surface area contributed by atoms with Crippen LogP contribution in [0.1, 0.15) is 25.7 Å². The Balaban J connectivity index is 1.98. The normalized spacial score (nSPS) is 18.9. The lowest BCUT2D eigenvalue weighted by Gasteiger charge is -2.16. The highest BCUT2D eigenvalue weighted by Gasteiger charge is 2.20. The quantitative estimate of drug-likeness (QED) is 0.613. The molecular weight excluding hydrogens is 186 g/mol. The van der Waals surface area contributed by atoms with Gasteiger partial charge in [0, 0.05) is 19.0 Å². The van der Waals surface area contributed by atoms with Crippen LogP contribution in [0, 0.1) is 5.92 Å². The third-order valence-corrected chi connectivity index (χ3v) is 2.73. The maximum Gasteiger partial charge on any atom is 0.0616 e. The second kappa shape index (κ2) is 6.63. The first-order chi connectivity index (χ1) is 6.36. The topological polar surface area (TPSA) is 21.3 Å². The summed E-state index contributed by atoms with van der Waals surface area (Å²) in [5, 5.41) is 3.48. The van der Waals surface area contributed by atoms with Crippen LogP contribution >= 0.6 is 11.6 Å². The van der Waals surface area contributed by atoms with Gasteiger partial charge in [-0.05, 0) is 25.3 Å². The Morgan fingerprint density at radius 3 is 2.85 bits per heavy atom. The summed E-state index contributed by atoms with van der Waals surface area (Å²) >= 11 is 5.69. The van der Waals surface area contributed by atoms with E-state index >= 15 is 0 Å². The van der Waals surface area contributed by atoms with Crippen molar-refractivity contribution in [2.75, 3.05) is 26.1 Å². The van der Waals surface area contributed by atoms with E-state index in [9.17, 15) is 0 Å². The highest BCUT2D eigenvalue weighted by molar-refractivity contribution is 6.17. The second-order valence-corrected chi connectivity index (χ2v) is 4.19. The first kappa shape index (κ1) is 11.3. The zero-order valence-electron chi connectivity index (χ0n) is 8.39. The summed E-state index contributed by atoms with van der Waals surface area (Å²) in [7, 11) is 1.74. The van der Waals surface area contributed by atoms with Crippen LogP contribution < -0.4 is 5.32 Å². The molecule has 1 aliphatic carbocycles. The molecule has 0 amide bonds. The Morgan fingerprint density at radius 2 is 2.31 bits per heavy atom. The van der Waals surface area contributed by atoms with Gasteiger partial charge in [-0.3, -0.25) is 0 Å². The maximum atomic E-state index is 5.69. The number of hydrogen-bond acceptors (Lipinski definition) is 2. The van der Waals surface area contributed by atoms with Crippen molar-refractivity contribution in [2.24, 2.45) is 5.92 Å². The fraction of sp³-hybridized carbons (Fsp3) is 1.00. The largest absolute Gasteiger partial charge is 0.383 e. The Hall–Kier alpha value is 0.210. The average Bonchev–Trinajstić information content (AvgIpc) is 2.89. The summed E-state index contributed by atoms with van der Waals surface area (Å²) < 4.78 is 5.11. The monoisotopic (exact) mass is 205 g/mol. The molecule has 0 bridgehead atoms. The summed E-state index contributed by atoms with van der Waals surface area (Å²) in [4.78, 5) is 0. The van der Waals surface area contributed by atoms with Gasteiger partial charge < -0.3 is 10.1 Å². The lowest BCUT2D eigenvalue weighted by atomic mass is 10.2. The lowest BCUT2D eigenvalue weighted by Crippen LogP contribution is -2.34. The molecule has 0 spiro atoms. The van der Waals surface area contributed by atoms with E-state index in [0.29, 0.717) is 11.9 Å². The van der Waals surface area contributed by atoms with Crippen molar-refractivity contribution < 1.29 is 4.74 Å². The van der Waals surface area contributed by atoms with Gasteiger partial charge in [0.1, 0.15) is 0 Å². The highest BCUT2D eigenvalue weighted by Crippen LogP contribution is 2.31. The van der Waals surface area contributed by atoms with Gasteiger partial charge in [0.2, 0.25) is 0 Å². The predicted molar refractivity (Wildman–Crippen MR) is 56.3 cm³/mol. The van der Waals surface area contributed by atoms with Gasteiger partial charge in [0.15, 0.2) is 0 Å². The van der Waals surface area contributed by atoms with Crippen molar-refractivity contribution in [1.82, 2.24) is 5.32 Å². The Labute approximate surface area is 86.0 Å². The van der Waals surface area contributed by atoms with Crippen molar-refractivity contribution >= 4 is 11.6 Å². The standard InChI is InChI=1S/C10H20ClNO/c1-13-8-10(4-6-11)12-7-5-9-2-3-9/h9-10,12H,2-8H2,1H3. The minimum absolute atomic E-state index is 0.446. The van der Waals surface area contributed by atoms with Crippen LogP contribution in [0.15, 0.2) is 0 Å². The fourth-order valence-corrected chi connectivity index (χ4v) is 1.74. The number of nitrogens with one attached hydrogen (secondary N) is 1. The lowest BCUT2D eigenvalue weighted by molar-refractivity contribution is 0.164. The molecule has 0 aromatic carbocycles. The molecule has 0 aliphatic heterocycles. The number of alkyl halides is 1. The molecule has 13 heavy (non-hydrogen) atoms. The summed E-state index contributed by atoms with van der Waals surface area (Å²) in [5.41, 5.74) is 0. The summed E-state index contributed by atoms with van der Waals surface area (Å²) in [6.07, 6.45) is 5.20. The summed E-state index contributed by atoms with van der Waals surface area (Å²) in [5.74, 6) is 1.72. The fourth-order valence-electron chi connectivity index (χ4n) is 1.48. The van der Waals surface area contributed by atoms with Gasteiger partial charge in [-0.15, -0.1) is 11.6 Å². The zero-order chi connectivity index (χ0) is 9.52. The Kier molecular flexibility index (Phi) is 5.76. The van der Waals surface area contributed by atoms with Crippen molar-refractivity contribution in [1.29, 1.82) is 0 Å². The highest BCUT2D eigenvalue weighted by atomic mass is 35.5. The molecule has 2 nitrogen and oxygen atoms in total. The van der Waals surface area contributed by atoms with Crippen molar-refractivity contribution in [3.63, 3.8) is 0 Å². The van der Waals surface area contributed by atoms with E-state index in [1.54, 1.807) is 7.11 Å². The van der Waals surface area contributed by atoms with Crippen LogP contribution in [0.4, 0.5) is 0 Å². The van der Waals surface area contributed by atoms with E-state index in [-0.39, 0.29) is 0 Å². The number of halogens is 1. The smallest absolute Gasteiger partial charge is 0.0616 e. The first-order valence-corrected chi connectivity index (χ1v) is 5.68. The second-order valence-electron chi connectivity index (χ2n) is 3.82. The number of hydrogen-bond donors (Lipinski definition) is 1. The molecule has 1 unspecified atom stereocenters. The van der Waals surface area contributed by atoms with Gasteiger partial charge in [0.05, 0.1) is 6.61 Å². The molecule has 1 N–H and O–H groups in total. The molecule has 1 fully saturated rings. The van der Waals surface area contributed by atoms with E-state index in [1.807, 2.05) is 0 Å². The summed E-state index contributed by atoms with van der Waals surface area (Å²) in [6.45, 7) is 1.90. The van der Waals surface area contributed by atoms with E-state index in [4.69, 9.17) is 16.3 Å². The number of ether oxygens (including phenoxy) is 1. The molecule has 1 atom stereocenters. The van der Waals surface area contributed by atoms with Crippen molar-refractivity contribution in [3.05, 3.63) is 0 Å². The molecule has 1 aliphatic rings. The molecule has 0 heterocycles. The third-order valence-electron chi connectivity index (χ3n) is 2.51. The Morgan fingerprint density at radius 1 is 1.54 bits per heavy atom. The SMILES string of the molecule is COCC(CCCl)NCCC1CC1. The third kappa shape index (κ3) is 5.50. The minimum atomic E-state index is 0.446. The molecule has 0 saturated heterocycles. The molecule has 0 aromatic rings. The summed E-state index contributed by atoms with van der Waals surface area (Å²) in [6, 6.07) is 0.446. The number of methoxy groups -OCH3 is 1. The number of rotatable bonds is 8. The van der Waals surface area contributed by atoms with E-state index in [2.05, 4.69) is 5.32 Å². The maximum absolute atomic E-state index is 5.69. The van der Waals surface area contributed by atoms with Gasteiger partial charge in [0.25, 0.3) is 0 Å². The first-order valence-electron chi connectivity index (χ1n) is 5.15. The van der Waals surface area contributed by atoms with Crippen molar-refractivity contribution in [3.8, 4) is 0 Å². The van der Waals surface area contributed by atoms with E-state index in [1.165, 1.54) is 19.3 Å². The van der Waals surface area contributed by atoms with Gasteiger partial charge in [-0.1, -0.05) is 12.8 Å². The van der Waals surface area contributed by atoms with Crippen LogP contribution in [-0.2, 0) is 4.74 Å². The Bertz CT molecular complexity index is 122.